The van der Waals surface area contributed by atoms with E-state index in [9.17, 15) is 26.7 Å². The van der Waals surface area contributed by atoms with Crippen molar-refractivity contribution in [2.75, 3.05) is 23.1 Å². The Morgan fingerprint density at radius 3 is 2.51 bits per heavy atom. The van der Waals surface area contributed by atoms with E-state index in [-0.39, 0.29) is 34.0 Å². The number of hydrogen-bond donors (Lipinski definition) is 4. The third-order valence-corrected chi connectivity index (χ3v) is 6.88. The number of hydrogen-bond acceptors (Lipinski definition) is 7. The van der Waals surface area contributed by atoms with E-state index >= 15 is 0 Å². The van der Waals surface area contributed by atoms with Crippen LogP contribution in [0, 0.1) is 6.92 Å². The Labute approximate surface area is 200 Å². The highest BCUT2D eigenvalue weighted by atomic mass is 32.2. The number of alkyl halides is 3. The molecule has 0 saturated carbocycles. The van der Waals surface area contributed by atoms with Gasteiger partial charge in [0.2, 0.25) is 0 Å². The lowest BCUT2D eigenvalue weighted by molar-refractivity contribution is -0.137. The summed E-state index contributed by atoms with van der Waals surface area (Å²) < 4.78 is 69.1. The van der Waals surface area contributed by atoms with E-state index in [1.165, 1.54) is 18.2 Å². The molecule has 1 aliphatic heterocycles. The zero-order chi connectivity index (χ0) is 25.2. The van der Waals surface area contributed by atoms with Crippen molar-refractivity contribution in [1.29, 1.82) is 0 Å². The van der Waals surface area contributed by atoms with Crippen LogP contribution in [0.15, 0.2) is 59.6 Å². The number of nitrogens with zero attached hydrogens (tertiary/aromatic N) is 2. The molecule has 35 heavy (non-hydrogen) atoms. The highest BCUT2D eigenvalue weighted by molar-refractivity contribution is 7.92. The smallest absolute Gasteiger partial charge is 0.390 e. The lowest BCUT2D eigenvalue weighted by Crippen LogP contribution is -2.47. The number of benzene rings is 1. The van der Waals surface area contributed by atoms with Gasteiger partial charge in [0.1, 0.15) is 11.6 Å². The minimum absolute atomic E-state index is 0.241. The van der Waals surface area contributed by atoms with Crippen LogP contribution in [0.25, 0.3) is 11.3 Å². The Bertz CT molecular complexity index is 1320. The summed E-state index contributed by atoms with van der Waals surface area (Å²) in [5.41, 5.74) is -0.546. The second-order valence-electron chi connectivity index (χ2n) is 8.18. The molecule has 0 bridgehead atoms. The third-order valence-electron chi connectivity index (χ3n) is 5.62. The number of β-amino-alcohol motifs (C(OH)–C–C–N with tert-alkyl or cyclic N) is 1. The van der Waals surface area contributed by atoms with Gasteiger partial charge in [0.05, 0.1) is 23.4 Å². The van der Waals surface area contributed by atoms with Gasteiger partial charge >= 0.3 is 6.18 Å². The molecule has 0 unspecified atom stereocenters. The van der Waals surface area contributed by atoms with Crippen LogP contribution in [-0.4, -0.2) is 48.7 Å². The molecule has 186 valence electrons. The molecule has 12 heteroatoms. The van der Waals surface area contributed by atoms with E-state index < -0.39 is 27.9 Å². The fourth-order valence-electron chi connectivity index (χ4n) is 3.82. The Balaban J connectivity index is 1.64. The predicted molar refractivity (Wildman–Crippen MR) is 125 cm³/mol. The number of aryl methyl sites for hydroxylation is 1. The lowest BCUT2D eigenvalue weighted by Gasteiger charge is -2.29. The minimum Gasteiger partial charge on any atom is -0.390 e. The number of sulfonamides is 1. The second-order valence-corrected chi connectivity index (χ2v) is 9.81. The standard InChI is InChI=1S/C23H24F3N5O3S/c1-14-5-2-3-6-15(14)22-16(23(24,25)26)9-10-20(30-22)31-35(33,34)21-8-4-7-19(29-21)28-17-11-12-27-13-18(17)32/h2-10,17-18,27,32H,11-13H2,1H3,(H,28,29)(H,30,31)/t17-,18+/m1/s1. The van der Waals surface area contributed by atoms with Crippen molar-refractivity contribution in [1.82, 2.24) is 15.3 Å². The molecule has 0 radical (unpaired) electrons. The van der Waals surface area contributed by atoms with Gasteiger partial charge in [0.25, 0.3) is 10.0 Å². The first kappa shape index (κ1) is 24.9. The number of rotatable bonds is 6. The molecular formula is C23H24F3N5O3S. The number of halogens is 3. The summed E-state index contributed by atoms with van der Waals surface area (Å²) in [5, 5.41) is 15.8. The average molecular weight is 508 g/mol. The van der Waals surface area contributed by atoms with Gasteiger partial charge in [0.15, 0.2) is 5.03 Å². The number of piperidine rings is 1. The highest BCUT2D eigenvalue weighted by Crippen LogP contribution is 2.38. The highest BCUT2D eigenvalue weighted by Gasteiger charge is 2.35. The average Bonchev–Trinajstić information content (AvgIpc) is 2.80. The maximum Gasteiger partial charge on any atom is 0.418 e. The fraction of sp³-hybridized carbons (Fsp3) is 0.304. The maximum absolute atomic E-state index is 13.6. The number of aromatic nitrogens is 2. The van der Waals surface area contributed by atoms with Crippen LogP contribution in [-0.2, 0) is 16.2 Å². The van der Waals surface area contributed by atoms with E-state index in [1.54, 1.807) is 31.2 Å². The van der Waals surface area contributed by atoms with Crippen molar-refractivity contribution >= 4 is 21.7 Å². The first-order valence-electron chi connectivity index (χ1n) is 10.8. The van der Waals surface area contributed by atoms with Crippen molar-refractivity contribution in [2.24, 2.45) is 0 Å². The van der Waals surface area contributed by atoms with Crippen molar-refractivity contribution < 1.29 is 26.7 Å². The zero-order valence-corrected chi connectivity index (χ0v) is 19.5. The largest absolute Gasteiger partial charge is 0.418 e. The number of pyridine rings is 2. The van der Waals surface area contributed by atoms with Gasteiger partial charge < -0.3 is 15.7 Å². The zero-order valence-electron chi connectivity index (χ0n) is 18.7. The van der Waals surface area contributed by atoms with Crippen molar-refractivity contribution in [3.63, 3.8) is 0 Å². The Morgan fingerprint density at radius 2 is 1.80 bits per heavy atom. The molecule has 1 fully saturated rings. The molecule has 8 nitrogen and oxygen atoms in total. The predicted octanol–water partition coefficient (Wildman–Crippen LogP) is 3.41. The number of aliphatic hydroxyl groups is 1. The molecule has 4 rings (SSSR count). The molecule has 4 N–H and O–H groups in total. The molecule has 0 spiro atoms. The molecular weight excluding hydrogens is 483 g/mol. The Morgan fingerprint density at radius 1 is 1.03 bits per heavy atom. The van der Waals surface area contributed by atoms with Crippen LogP contribution in [0.4, 0.5) is 24.8 Å². The summed E-state index contributed by atoms with van der Waals surface area (Å²) >= 11 is 0. The van der Waals surface area contributed by atoms with E-state index in [2.05, 4.69) is 25.3 Å². The first-order valence-corrected chi connectivity index (χ1v) is 12.3. The quantitative estimate of drug-likeness (QED) is 0.404. The molecule has 2 atom stereocenters. The Kier molecular flexibility index (Phi) is 6.97. The van der Waals surface area contributed by atoms with Gasteiger partial charge in [-0.3, -0.25) is 4.72 Å². The van der Waals surface area contributed by atoms with Gasteiger partial charge in [-0.2, -0.15) is 21.6 Å². The number of nitrogens with one attached hydrogen (secondary N) is 3. The van der Waals surface area contributed by atoms with Crippen LogP contribution in [0.1, 0.15) is 17.5 Å². The van der Waals surface area contributed by atoms with Crippen molar-refractivity contribution in [3.8, 4) is 11.3 Å². The minimum atomic E-state index is -4.68. The van der Waals surface area contributed by atoms with Crippen molar-refractivity contribution in [3.05, 3.63) is 65.7 Å². The van der Waals surface area contributed by atoms with Gasteiger partial charge in [-0.05, 0) is 49.7 Å². The summed E-state index contributed by atoms with van der Waals surface area (Å²) in [5.74, 6) is -0.0232. The topological polar surface area (TPSA) is 116 Å². The van der Waals surface area contributed by atoms with Gasteiger partial charge in [-0.15, -0.1) is 0 Å². The molecule has 2 aromatic heterocycles. The molecule has 0 amide bonds. The molecule has 0 aliphatic carbocycles. The van der Waals surface area contributed by atoms with E-state index in [4.69, 9.17) is 0 Å². The Hall–Kier alpha value is -3.22. The SMILES string of the molecule is Cc1ccccc1-c1nc(NS(=O)(=O)c2cccc(N[C@@H]3CCNC[C@@H]3O)n2)ccc1C(F)(F)F. The summed E-state index contributed by atoms with van der Waals surface area (Å²) in [4.78, 5) is 8.13. The molecule has 3 aromatic rings. The fourth-order valence-corrected chi connectivity index (χ4v) is 4.79. The molecule has 1 aromatic carbocycles. The molecule has 3 heterocycles. The number of anilines is 2. The van der Waals surface area contributed by atoms with Crippen LogP contribution in [0.3, 0.4) is 0 Å². The third kappa shape index (κ3) is 5.72. The van der Waals surface area contributed by atoms with E-state index in [1.807, 2.05) is 0 Å². The summed E-state index contributed by atoms with van der Waals surface area (Å²) in [6.07, 6.45) is -4.72. The van der Waals surface area contributed by atoms with Gasteiger partial charge in [0, 0.05) is 12.1 Å². The summed E-state index contributed by atoms with van der Waals surface area (Å²) in [6, 6.07) is 12.2. The summed E-state index contributed by atoms with van der Waals surface area (Å²) in [7, 11) is -4.27. The maximum atomic E-state index is 13.6. The number of aliphatic hydroxyl groups excluding tert-OH is 1. The van der Waals surface area contributed by atoms with E-state index in [0.717, 1.165) is 12.1 Å². The second kappa shape index (κ2) is 9.80. The normalized spacial score (nSPS) is 18.8. The lowest BCUT2D eigenvalue weighted by atomic mass is 10.0. The monoisotopic (exact) mass is 507 g/mol. The van der Waals surface area contributed by atoms with E-state index in [0.29, 0.717) is 25.1 Å². The van der Waals surface area contributed by atoms with Crippen LogP contribution < -0.4 is 15.4 Å². The van der Waals surface area contributed by atoms with Crippen LogP contribution in [0.5, 0.6) is 0 Å². The molecule has 1 saturated heterocycles. The van der Waals surface area contributed by atoms with Gasteiger partial charge in [-0.1, -0.05) is 30.3 Å². The first-order chi connectivity index (χ1) is 16.5. The van der Waals surface area contributed by atoms with Crippen LogP contribution in [0.2, 0.25) is 0 Å². The van der Waals surface area contributed by atoms with Gasteiger partial charge in [-0.25, -0.2) is 9.97 Å². The van der Waals surface area contributed by atoms with Crippen LogP contribution >= 0.6 is 0 Å². The van der Waals surface area contributed by atoms with Crippen molar-refractivity contribution in [2.45, 2.75) is 36.7 Å². The molecule has 1 aliphatic rings. The summed E-state index contributed by atoms with van der Waals surface area (Å²) in [6.45, 7) is 2.74.